The van der Waals surface area contributed by atoms with Gasteiger partial charge in [-0.15, -0.1) is 0 Å². The average Bonchev–Trinajstić information content (AvgIpc) is 2.95. The molecule has 2 amide bonds. The number of aromatic amines is 1. The number of likely N-dealkylation sites (N-methyl/N-ethyl adjacent to an activating group) is 1. The summed E-state index contributed by atoms with van der Waals surface area (Å²) in [4.78, 5) is 16.9. The molecule has 1 heterocycles. The number of nitrogens with one attached hydrogen (secondary N) is 2. The van der Waals surface area contributed by atoms with Gasteiger partial charge >= 0.3 is 6.03 Å². The van der Waals surface area contributed by atoms with Gasteiger partial charge in [0.2, 0.25) is 0 Å². The van der Waals surface area contributed by atoms with Crippen molar-refractivity contribution in [2.75, 3.05) is 26.2 Å². The number of carbonyl (C=O) groups is 1. The van der Waals surface area contributed by atoms with Crippen LogP contribution in [0.4, 0.5) is 4.79 Å². The zero-order valence-electron chi connectivity index (χ0n) is 13.4. The highest BCUT2D eigenvalue weighted by Crippen LogP contribution is 2.22. The first-order valence-electron chi connectivity index (χ1n) is 7.92. The summed E-state index contributed by atoms with van der Waals surface area (Å²) in [5, 5.41) is 13.1. The third-order valence-corrected chi connectivity index (χ3v) is 3.98. The molecule has 0 aliphatic heterocycles. The molecule has 0 bridgehead atoms. The Hall–Kier alpha value is -2.01. The Kier molecular flexibility index (Phi) is 5.83. The van der Waals surface area contributed by atoms with Gasteiger partial charge in [-0.3, -0.25) is 0 Å². The van der Waals surface area contributed by atoms with E-state index in [-0.39, 0.29) is 12.6 Å². The summed E-state index contributed by atoms with van der Waals surface area (Å²) >= 11 is 0. The smallest absolute Gasteiger partial charge is 0.317 e. The van der Waals surface area contributed by atoms with E-state index in [2.05, 4.69) is 35.4 Å². The fraction of sp³-hybridized carbons (Fsp3) is 0.471. The van der Waals surface area contributed by atoms with Crippen LogP contribution >= 0.6 is 0 Å². The molecule has 0 atom stereocenters. The number of benzene rings is 1. The summed E-state index contributed by atoms with van der Waals surface area (Å²) < 4.78 is 0. The molecule has 0 saturated heterocycles. The van der Waals surface area contributed by atoms with Crippen molar-refractivity contribution in [1.29, 1.82) is 0 Å². The molecular weight excluding hydrogens is 278 g/mol. The molecule has 2 aromatic rings. The van der Waals surface area contributed by atoms with Crippen molar-refractivity contribution < 1.29 is 9.90 Å². The van der Waals surface area contributed by atoms with Crippen LogP contribution in [0.5, 0.6) is 0 Å². The Morgan fingerprint density at radius 1 is 1.32 bits per heavy atom. The number of amides is 2. The van der Waals surface area contributed by atoms with Gasteiger partial charge in [0.25, 0.3) is 0 Å². The van der Waals surface area contributed by atoms with Crippen molar-refractivity contribution in [3.8, 4) is 0 Å². The number of urea groups is 1. The third kappa shape index (κ3) is 3.60. The number of carbonyl (C=O) groups excluding carboxylic acids is 1. The summed E-state index contributed by atoms with van der Waals surface area (Å²) in [5.41, 5.74) is 3.73. The van der Waals surface area contributed by atoms with Crippen molar-refractivity contribution in [1.82, 2.24) is 15.2 Å². The molecule has 0 fully saturated rings. The summed E-state index contributed by atoms with van der Waals surface area (Å²) in [5.74, 6) is 0. The molecule has 0 spiro atoms. The van der Waals surface area contributed by atoms with Gasteiger partial charge in [-0.25, -0.2) is 4.79 Å². The van der Waals surface area contributed by atoms with E-state index in [4.69, 9.17) is 5.11 Å². The number of aliphatic hydroxyl groups is 1. The Balaban J connectivity index is 1.96. The van der Waals surface area contributed by atoms with Crippen molar-refractivity contribution >= 4 is 16.9 Å². The number of hydrogen-bond donors (Lipinski definition) is 3. The van der Waals surface area contributed by atoms with Crippen LogP contribution in [-0.4, -0.2) is 47.3 Å². The maximum absolute atomic E-state index is 12.0. The molecule has 0 unspecified atom stereocenters. The number of para-hydroxylation sites is 1. The van der Waals surface area contributed by atoms with Gasteiger partial charge in [0, 0.05) is 36.7 Å². The van der Waals surface area contributed by atoms with Crippen LogP contribution in [0.25, 0.3) is 10.9 Å². The van der Waals surface area contributed by atoms with E-state index in [1.54, 1.807) is 4.90 Å². The predicted molar refractivity (Wildman–Crippen MR) is 89.1 cm³/mol. The average molecular weight is 303 g/mol. The maximum atomic E-state index is 12.0. The standard InChI is InChI=1S/C17H25N3O2/c1-3-13-6-5-7-15-14(12-19-16(13)15)8-9-18-17(22)20(4-2)10-11-21/h5-7,12,19,21H,3-4,8-11H2,1-2H3,(H,18,22). The van der Waals surface area contributed by atoms with Crippen molar-refractivity contribution in [2.24, 2.45) is 0 Å². The van der Waals surface area contributed by atoms with Crippen LogP contribution in [0.1, 0.15) is 25.0 Å². The van der Waals surface area contributed by atoms with Crippen molar-refractivity contribution in [3.05, 3.63) is 35.5 Å². The number of hydrogen-bond acceptors (Lipinski definition) is 2. The van der Waals surface area contributed by atoms with E-state index in [9.17, 15) is 4.79 Å². The summed E-state index contributed by atoms with van der Waals surface area (Å²) in [6, 6.07) is 6.22. The van der Waals surface area contributed by atoms with Gasteiger partial charge in [-0.2, -0.15) is 0 Å². The molecule has 2 rings (SSSR count). The molecule has 0 aliphatic rings. The van der Waals surface area contributed by atoms with Crippen LogP contribution < -0.4 is 5.32 Å². The number of fused-ring (bicyclic) bond motifs is 1. The molecule has 0 radical (unpaired) electrons. The second-order valence-corrected chi connectivity index (χ2v) is 5.29. The number of nitrogens with zero attached hydrogens (tertiary/aromatic N) is 1. The highest BCUT2D eigenvalue weighted by molar-refractivity contribution is 5.86. The van der Waals surface area contributed by atoms with Crippen LogP contribution in [0.2, 0.25) is 0 Å². The molecule has 3 N–H and O–H groups in total. The minimum Gasteiger partial charge on any atom is -0.395 e. The minimum absolute atomic E-state index is 0.0104. The minimum atomic E-state index is -0.120. The van der Waals surface area contributed by atoms with E-state index in [1.807, 2.05) is 13.1 Å². The molecule has 0 aliphatic carbocycles. The van der Waals surface area contributed by atoms with E-state index >= 15 is 0 Å². The Labute approximate surface area is 131 Å². The van der Waals surface area contributed by atoms with E-state index < -0.39 is 0 Å². The third-order valence-electron chi connectivity index (χ3n) is 3.98. The molecular formula is C17H25N3O2. The molecule has 0 saturated carbocycles. The first-order chi connectivity index (χ1) is 10.7. The second kappa shape index (κ2) is 7.84. The largest absolute Gasteiger partial charge is 0.395 e. The number of aromatic nitrogens is 1. The van der Waals surface area contributed by atoms with Crippen LogP contribution in [0.15, 0.2) is 24.4 Å². The van der Waals surface area contributed by atoms with E-state index in [0.717, 1.165) is 12.8 Å². The van der Waals surface area contributed by atoms with Crippen LogP contribution in [0.3, 0.4) is 0 Å². The lowest BCUT2D eigenvalue weighted by Gasteiger charge is -2.20. The quantitative estimate of drug-likeness (QED) is 0.734. The number of H-pyrrole nitrogens is 1. The normalized spacial score (nSPS) is 10.9. The van der Waals surface area contributed by atoms with Gasteiger partial charge < -0.3 is 20.3 Å². The molecule has 1 aromatic heterocycles. The first-order valence-corrected chi connectivity index (χ1v) is 7.92. The summed E-state index contributed by atoms with van der Waals surface area (Å²) in [6.07, 6.45) is 3.82. The number of aryl methyl sites for hydroxylation is 1. The Morgan fingerprint density at radius 2 is 2.14 bits per heavy atom. The van der Waals surface area contributed by atoms with Gasteiger partial charge in [0.1, 0.15) is 0 Å². The van der Waals surface area contributed by atoms with Gasteiger partial charge in [-0.05, 0) is 30.9 Å². The van der Waals surface area contributed by atoms with E-state index in [0.29, 0.717) is 19.6 Å². The first kappa shape index (κ1) is 16.4. The SMILES string of the molecule is CCc1cccc2c(CCNC(=O)N(CC)CCO)c[nH]c12. The van der Waals surface area contributed by atoms with Crippen LogP contribution in [0, 0.1) is 0 Å². The van der Waals surface area contributed by atoms with Crippen molar-refractivity contribution in [2.45, 2.75) is 26.7 Å². The topological polar surface area (TPSA) is 68.4 Å². The lowest BCUT2D eigenvalue weighted by atomic mass is 10.1. The lowest BCUT2D eigenvalue weighted by molar-refractivity contribution is 0.180. The molecule has 1 aromatic carbocycles. The fourth-order valence-corrected chi connectivity index (χ4v) is 2.72. The number of rotatable bonds is 7. The predicted octanol–water partition coefficient (Wildman–Crippen LogP) is 2.30. The Bertz CT molecular complexity index is 621. The zero-order valence-corrected chi connectivity index (χ0v) is 13.4. The highest BCUT2D eigenvalue weighted by atomic mass is 16.3. The molecule has 22 heavy (non-hydrogen) atoms. The van der Waals surface area contributed by atoms with Crippen molar-refractivity contribution in [3.63, 3.8) is 0 Å². The Morgan fingerprint density at radius 3 is 2.82 bits per heavy atom. The molecule has 5 heteroatoms. The summed E-state index contributed by atoms with van der Waals surface area (Å²) in [6.45, 7) is 5.60. The fourth-order valence-electron chi connectivity index (χ4n) is 2.72. The van der Waals surface area contributed by atoms with Gasteiger partial charge in [0.05, 0.1) is 6.61 Å². The molecule has 120 valence electrons. The second-order valence-electron chi connectivity index (χ2n) is 5.29. The highest BCUT2D eigenvalue weighted by Gasteiger charge is 2.11. The number of aliphatic hydroxyl groups excluding tert-OH is 1. The zero-order chi connectivity index (χ0) is 15.9. The van der Waals surface area contributed by atoms with E-state index in [1.165, 1.54) is 22.0 Å². The summed E-state index contributed by atoms with van der Waals surface area (Å²) in [7, 11) is 0. The van der Waals surface area contributed by atoms with Gasteiger partial charge in [-0.1, -0.05) is 25.1 Å². The van der Waals surface area contributed by atoms with Crippen LogP contribution in [-0.2, 0) is 12.8 Å². The van der Waals surface area contributed by atoms with Gasteiger partial charge in [0.15, 0.2) is 0 Å². The molecule has 5 nitrogen and oxygen atoms in total. The monoisotopic (exact) mass is 303 g/mol. The maximum Gasteiger partial charge on any atom is 0.317 e. The lowest BCUT2D eigenvalue weighted by Crippen LogP contribution is -2.42.